The SMILES string of the molecule is CCC(=O)[C@H](C[C@@H]1CCCNC1=O)NC(=O)[C@H](CC(C)C)NC(=O)c1cc2c(OC)cccc2[nH]1.[HH].[HH].[HH].[HH]. The lowest BCUT2D eigenvalue weighted by Crippen LogP contribution is -2.53. The fraction of sp³-hybridized carbons (Fsp3) is 0.538. The van der Waals surface area contributed by atoms with E-state index < -0.39 is 23.9 Å². The second kappa shape index (κ2) is 11.9. The molecule has 1 aromatic carbocycles. The highest BCUT2D eigenvalue weighted by Crippen LogP contribution is 2.26. The number of amides is 3. The molecule has 0 saturated carbocycles. The Morgan fingerprint density at radius 2 is 1.97 bits per heavy atom. The maximum atomic E-state index is 13.3. The largest absolute Gasteiger partial charge is 0.496 e. The molecule has 35 heavy (non-hydrogen) atoms. The highest BCUT2D eigenvalue weighted by Gasteiger charge is 2.32. The number of carbonyl (C=O) groups is 4. The zero-order chi connectivity index (χ0) is 25.5. The van der Waals surface area contributed by atoms with Crippen molar-refractivity contribution in [1.29, 1.82) is 0 Å². The zero-order valence-electron chi connectivity index (χ0n) is 20.9. The van der Waals surface area contributed by atoms with Crippen molar-refractivity contribution in [3.8, 4) is 5.75 Å². The highest BCUT2D eigenvalue weighted by atomic mass is 16.5. The molecule has 2 aromatic rings. The summed E-state index contributed by atoms with van der Waals surface area (Å²) in [6, 6.07) is 5.57. The number of fused-ring (bicyclic) bond motifs is 1. The topological polar surface area (TPSA) is 129 Å². The van der Waals surface area contributed by atoms with Crippen LogP contribution in [0.4, 0.5) is 0 Å². The van der Waals surface area contributed by atoms with E-state index in [1.807, 2.05) is 32.0 Å². The van der Waals surface area contributed by atoms with Gasteiger partial charge in [-0.15, -0.1) is 0 Å². The molecule has 3 atom stereocenters. The molecule has 2 heterocycles. The lowest BCUT2D eigenvalue weighted by Gasteiger charge is -2.28. The number of hydrogen-bond acceptors (Lipinski definition) is 5. The Morgan fingerprint density at radius 1 is 1.20 bits per heavy atom. The van der Waals surface area contributed by atoms with Crippen molar-refractivity contribution in [3.63, 3.8) is 0 Å². The van der Waals surface area contributed by atoms with Gasteiger partial charge in [0.25, 0.3) is 5.91 Å². The van der Waals surface area contributed by atoms with Crippen molar-refractivity contribution in [1.82, 2.24) is 20.9 Å². The predicted octanol–water partition coefficient (Wildman–Crippen LogP) is 3.69. The van der Waals surface area contributed by atoms with E-state index in [-0.39, 0.29) is 42.1 Å². The van der Waals surface area contributed by atoms with Gasteiger partial charge in [-0.3, -0.25) is 19.2 Å². The predicted molar refractivity (Wildman–Crippen MR) is 142 cm³/mol. The Labute approximate surface area is 211 Å². The van der Waals surface area contributed by atoms with E-state index in [2.05, 4.69) is 20.9 Å². The number of nitrogens with one attached hydrogen (secondary N) is 4. The van der Waals surface area contributed by atoms with Crippen molar-refractivity contribution in [2.75, 3.05) is 13.7 Å². The summed E-state index contributed by atoms with van der Waals surface area (Å²) < 4.78 is 5.36. The van der Waals surface area contributed by atoms with Crippen molar-refractivity contribution >= 4 is 34.4 Å². The van der Waals surface area contributed by atoms with Gasteiger partial charge in [-0.1, -0.05) is 26.8 Å². The maximum Gasteiger partial charge on any atom is 0.268 e. The van der Waals surface area contributed by atoms with Crippen LogP contribution >= 0.6 is 0 Å². The highest BCUT2D eigenvalue weighted by molar-refractivity contribution is 6.02. The normalized spacial score (nSPS) is 17.5. The molecular weight excluding hydrogens is 448 g/mol. The molecule has 0 radical (unpaired) electrons. The second-order valence-corrected chi connectivity index (χ2v) is 9.51. The monoisotopic (exact) mass is 492 g/mol. The van der Waals surface area contributed by atoms with Crippen molar-refractivity contribution < 1.29 is 29.6 Å². The van der Waals surface area contributed by atoms with Gasteiger partial charge in [0.1, 0.15) is 17.5 Å². The molecule has 1 aliphatic rings. The standard InChI is InChI=1S/C26H36N4O5.4H2/c1-5-22(31)19(13-16-8-7-11-27-24(16)32)29-25(33)20(12-15(2)3)30-26(34)21-14-17-18(28-21)9-6-10-23(17)35-4;;;;/h6,9-10,14-16,19-20,28H,5,7-8,11-13H2,1-4H3,(H,27,32)(H,29,33)(H,30,34);4*1H/t16-,19-,20-;;;;/m0..../s1. The molecule has 0 spiro atoms. The fourth-order valence-corrected chi connectivity index (χ4v) is 4.50. The third-order valence-corrected chi connectivity index (χ3v) is 6.39. The van der Waals surface area contributed by atoms with Crippen LogP contribution in [0.25, 0.3) is 10.9 Å². The van der Waals surface area contributed by atoms with Crippen LogP contribution < -0.4 is 20.7 Å². The second-order valence-electron chi connectivity index (χ2n) is 9.51. The van der Waals surface area contributed by atoms with E-state index in [0.717, 1.165) is 17.3 Å². The number of hydrogen-bond donors (Lipinski definition) is 4. The third-order valence-electron chi connectivity index (χ3n) is 6.39. The summed E-state index contributed by atoms with van der Waals surface area (Å²) in [6.45, 7) is 6.29. The number of ether oxygens (including phenoxy) is 1. The van der Waals surface area contributed by atoms with Gasteiger partial charge in [0.15, 0.2) is 5.78 Å². The van der Waals surface area contributed by atoms with Gasteiger partial charge in [0.05, 0.1) is 13.2 Å². The van der Waals surface area contributed by atoms with Crippen LogP contribution in [0.5, 0.6) is 5.75 Å². The number of ketones is 1. The number of rotatable bonds is 11. The number of carbonyl (C=O) groups excluding carboxylic acids is 4. The lowest BCUT2D eigenvalue weighted by molar-refractivity contribution is -0.131. The van der Waals surface area contributed by atoms with Crippen molar-refractivity contribution in [2.45, 2.75) is 65.0 Å². The molecule has 9 nitrogen and oxygen atoms in total. The van der Waals surface area contributed by atoms with E-state index >= 15 is 0 Å². The van der Waals surface area contributed by atoms with Gasteiger partial charge in [-0.25, -0.2) is 0 Å². The first-order chi connectivity index (χ1) is 16.7. The van der Waals surface area contributed by atoms with E-state index in [0.29, 0.717) is 30.8 Å². The molecule has 198 valence electrons. The van der Waals surface area contributed by atoms with Gasteiger partial charge in [-0.2, -0.15) is 0 Å². The summed E-state index contributed by atoms with van der Waals surface area (Å²) in [6.07, 6.45) is 2.44. The van der Waals surface area contributed by atoms with Crippen LogP contribution in [-0.4, -0.2) is 54.2 Å². The van der Waals surface area contributed by atoms with Crippen LogP contribution in [0.1, 0.15) is 69.1 Å². The number of H-pyrrole nitrogens is 1. The number of methoxy groups -OCH3 is 1. The van der Waals surface area contributed by atoms with E-state index in [4.69, 9.17) is 4.74 Å². The molecule has 1 saturated heterocycles. The third kappa shape index (κ3) is 6.61. The minimum Gasteiger partial charge on any atom is -0.496 e. The maximum absolute atomic E-state index is 13.3. The number of benzene rings is 1. The molecule has 3 amide bonds. The first-order valence-corrected chi connectivity index (χ1v) is 12.3. The fourth-order valence-electron chi connectivity index (χ4n) is 4.50. The summed E-state index contributed by atoms with van der Waals surface area (Å²) in [7, 11) is 1.56. The molecule has 1 aromatic heterocycles. The Kier molecular flexibility index (Phi) is 8.89. The van der Waals surface area contributed by atoms with Crippen LogP contribution in [0, 0.1) is 11.8 Å². The number of aromatic nitrogens is 1. The smallest absolute Gasteiger partial charge is 0.268 e. The quantitative estimate of drug-likeness (QED) is 0.380. The van der Waals surface area contributed by atoms with Crippen LogP contribution in [-0.2, 0) is 14.4 Å². The average Bonchev–Trinajstić information content (AvgIpc) is 3.28. The lowest BCUT2D eigenvalue weighted by atomic mass is 9.89. The van der Waals surface area contributed by atoms with Gasteiger partial charge < -0.3 is 25.7 Å². The number of Topliss-reactive ketones (excluding diaryl/α,β-unsaturated/α-hetero) is 1. The van der Waals surface area contributed by atoms with E-state index in [1.165, 1.54) is 0 Å². The van der Waals surface area contributed by atoms with Crippen LogP contribution in [0.3, 0.4) is 0 Å². The molecule has 1 aliphatic heterocycles. The molecule has 0 aliphatic carbocycles. The Bertz CT molecular complexity index is 1100. The average molecular weight is 493 g/mol. The van der Waals surface area contributed by atoms with Crippen LogP contribution in [0.15, 0.2) is 24.3 Å². The minimum absolute atomic E-state index is 0. The van der Waals surface area contributed by atoms with Crippen LogP contribution in [0.2, 0.25) is 0 Å². The van der Waals surface area contributed by atoms with Gasteiger partial charge in [-0.05, 0) is 49.8 Å². The Hall–Kier alpha value is -3.36. The minimum atomic E-state index is -0.830. The first kappa shape index (κ1) is 26.2. The Morgan fingerprint density at radius 3 is 2.63 bits per heavy atom. The number of piperidine rings is 1. The van der Waals surface area contributed by atoms with Gasteiger partial charge in [0.2, 0.25) is 11.8 Å². The van der Waals surface area contributed by atoms with Crippen molar-refractivity contribution in [3.05, 3.63) is 30.0 Å². The van der Waals surface area contributed by atoms with Crippen molar-refractivity contribution in [2.24, 2.45) is 11.8 Å². The summed E-state index contributed by atoms with van der Waals surface area (Å²) in [4.78, 5) is 54.2. The molecule has 1 fully saturated rings. The summed E-state index contributed by atoms with van der Waals surface area (Å²) in [5, 5.41) is 9.25. The molecular formula is C26H44N4O5. The number of aromatic amines is 1. The summed E-state index contributed by atoms with van der Waals surface area (Å²) in [5.74, 6) is -0.614. The van der Waals surface area contributed by atoms with E-state index in [1.54, 1.807) is 20.1 Å². The molecule has 9 heteroatoms. The zero-order valence-corrected chi connectivity index (χ0v) is 20.9. The van der Waals surface area contributed by atoms with Gasteiger partial charge >= 0.3 is 0 Å². The summed E-state index contributed by atoms with van der Waals surface area (Å²) in [5.41, 5.74) is 1.06. The Balaban J connectivity index is 0. The first-order valence-electron chi connectivity index (χ1n) is 12.3. The van der Waals surface area contributed by atoms with E-state index in [9.17, 15) is 19.2 Å². The molecule has 0 unspecified atom stereocenters. The summed E-state index contributed by atoms with van der Waals surface area (Å²) >= 11 is 0. The molecule has 4 N–H and O–H groups in total. The molecule has 3 rings (SSSR count). The van der Waals surface area contributed by atoms with Gasteiger partial charge in [0, 0.05) is 35.5 Å². The molecule has 0 bridgehead atoms.